The highest BCUT2D eigenvalue weighted by Gasteiger charge is 2.20. The Bertz CT molecular complexity index is 651. The van der Waals surface area contributed by atoms with Crippen LogP contribution in [0.15, 0.2) is 30.6 Å². The summed E-state index contributed by atoms with van der Waals surface area (Å²) in [5.74, 6) is 0.811. The molecule has 0 amide bonds. The van der Waals surface area contributed by atoms with Crippen molar-refractivity contribution in [1.29, 1.82) is 0 Å². The first-order chi connectivity index (χ1) is 9.90. The highest BCUT2D eigenvalue weighted by atomic mass is 16.6. The number of nitro groups is 1. The molecule has 0 aliphatic carbocycles. The van der Waals surface area contributed by atoms with Gasteiger partial charge < -0.3 is 14.6 Å². The zero-order chi connectivity index (χ0) is 15.6. The number of rotatable bonds is 5. The number of aliphatic hydroxyl groups excluding tert-OH is 1. The summed E-state index contributed by atoms with van der Waals surface area (Å²) in [6, 6.07) is 4.76. The van der Waals surface area contributed by atoms with Crippen LogP contribution < -0.4 is 4.90 Å². The lowest BCUT2D eigenvalue weighted by atomic mass is 10.1. The van der Waals surface area contributed by atoms with Crippen molar-refractivity contribution < 1.29 is 10.0 Å². The van der Waals surface area contributed by atoms with Crippen molar-refractivity contribution >= 4 is 11.4 Å². The molecule has 112 valence electrons. The third-order valence-corrected chi connectivity index (χ3v) is 3.39. The molecule has 1 atom stereocenters. The van der Waals surface area contributed by atoms with Gasteiger partial charge in [-0.3, -0.25) is 10.1 Å². The molecular weight excluding hydrogens is 272 g/mol. The molecule has 1 N–H and O–H groups in total. The SMILES string of the molecule is CC(O)c1ccc(N(C)Cc2nccn2C)c([N+](=O)[O-])c1. The van der Waals surface area contributed by atoms with Gasteiger partial charge in [0.05, 0.1) is 17.6 Å². The van der Waals surface area contributed by atoms with Crippen LogP contribution in [0.2, 0.25) is 0 Å². The number of nitrogens with zero attached hydrogens (tertiary/aromatic N) is 4. The summed E-state index contributed by atoms with van der Waals surface area (Å²) in [4.78, 5) is 16.8. The molecule has 0 spiro atoms. The number of anilines is 1. The molecule has 1 aromatic carbocycles. The Morgan fingerprint density at radius 1 is 1.52 bits per heavy atom. The van der Waals surface area contributed by atoms with Gasteiger partial charge in [-0.05, 0) is 18.6 Å². The average Bonchev–Trinajstić information content (AvgIpc) is 2.83. The molecule has 0 aliphatic rings. The Hall–Kier alpha value is -2.41. The molecule has 0 aliphatic heterocycles. The number of hydrogen-bond acceptors (Lipinski definition) is 5. The molecule has 1 aromatic heterocycles. The Morgan fingerprint density at radius 3 is 2.76 bits per heavy atom. The number of benzene rings is 1. The minimum Gasteiger partial charge on any atom is -0.389 e. The van der Waals surface area contributed by atoms with Crippen LogP contribution in [0.5, 0.6) is 0 Å². The van der Waals surface area contributed by atoms with Crippen molar-refractivity contribution in [2.75, 3.05) is 11.9 Å². The van der Waals surface area contributed by atoms with E-state index in [4.69, 9.17) is 0 Å². The minimum absolute atomic E-state index is 0.0230. The zero-order valence-electron chi connectivity index (χ0n) is 12.2. The summed E-state index contributed by atoms with van der Waals surface area (Å²) < 4.78 is 1.87. The van der Waals surface area contributed by atoms with E-state index in [1.807, 2.05) is 17.8 Å². The molecule has 0 saturated carbocycles. The fraction of sp³-hybridized carbons (Fsp3) is 0.357. The fourth-order valence-corrected chi connectivity index (χ4v) is 2.12. The van der Waals surface area contributed by atoms with Gasteiger partial charge in [0.1, 0.15) is 11.5 Å². The molecule has 2 aromatic rings. The van der Waals surface area contributed by atoms with E-state index in [0.29, 0.717) is 17.8 Å². The molecule has 0 bridgehead atoms. The highest BCUT2D eigenvalue weighted by Crippen LogP contribution is 2.31. The van der Waals surface area contributed by atoms with Crippen molar-refractivity contribution in [3.05, 3.63) is 52.1 Å². The van der Waals surface area contributed by atoms with Gasteiger partial charge in [0.15, 0.2) is 0 Å². The first-order valence-electron chi connectivity index (χ1n) is 6.54. The number of aromatic nitrogens is 2. The van der Waals surface area contributed by atoms with Gasteiger partial charge in [-0.15, -0.1) is 0 Å². The Labute approximate surface area is 122 Å². The molecule has 0 fully saturated rings. The molecule has 1 heterocycles. The average molecular weight is 290 g/mol. The highest BCUT2D eigenvalue weighted by molar-refractivity contribution is 5.64. The van der Waals surface area contributed by atoms with Crippen LogP contribution in [0.4, 0.5) is 11.4 Å². The van der Waals surface area contributed by atoms with Gasteiger partial charge in [-0.1, -0.05) is 6.07 Å². The molecule has 0 radical (unpaired) electrons. The first kappa shape index (κ1) is 15.0. The molecule has 7 nitrogen and oxygen atoms in total. The lowest BCUT2D eigenvalue weighted by molar-refractivity contribution is -0.384. The van der Waals surface area contributed by atoms with Gasteiger partial charge in [-0.25, -0.2) is 4.98 Å². The minimum atomic E-state index is -0.738. The van der Waals surface area contributed by atoms with E-state index >= 15 is 0 Å². The first-order valence-corrected chi connectivity index (χ1v) is 6.54. The second kappa shape index (κ2) is 5.92. The van der Waals surface area contributed by atoms with Crippen LogP contribution in [0, 0.1) is 10.1 Å². The lowest BCUT2D eigenvalue weighted by Crippen LogP contribution is -2.20. The van der Waals surface area contributed by atoms with Crippen LogP contribution >= 0.6 is 0 Å². The summed E-state index contributed by atoms with van der Waals surface area (Å²) in [5.41, 5.74) is 0.994. The van der Waals surface area contributed by atoms with Crippen LogP contribution in [-0.4, -0.2) is 26.6 Å². The van der Waals surface area contributed by atoms with E-state index in [2.05, 4.69) is 4.98 Å². The van der Waals surface area contributed by atoms with Gasteiger partial charge in [0.2, 0.25) is 0 Å². The van der Waals surface area contributed by atoms with Crippen LogP contribution in [-0.2, 0) is 13.6 Å². The Balaban J connectivity index is 2.34. The Morgan fingerprint density at radius 2 is 2.24 bits per heavy atom. The third-order valence-electron chi connectivity index (χ3n) is 3.39. The van der Waals surface area contributed by atoms with Crippen molar-refractivity contribution in [3.63, 3.8) is 0 Å². The number of aliphatic hydroxyl groups is 1. The van der Waals surface area contributed by atoms with Crippen molar-refractivity contribution in [2.24, 2.45) is 7.05 Å². The van der Waals surface area contributed by atoms with Gasteiger partial charge in [-0.2, -0.15) is 0 Å². The third kappa shape index (κ3) is 3.19. The predicted octanol–water partition coefficient (Wildman–Crippen LogP) is 2.02. The zero-order valence-corrected chi connectivity index (χ0v) is 12.2. The quantitative estimate of drug-likeness (QED) is 0.672. The number of aryl methyl sites for hydroxylation is 1. The summed E-state index contributed by atoms with van der Waals surface area (Å²) in [6.45, 7) is 2.04. The number of hydrogen-bond donors (Lipinski definition) is 1. The fourth-order valence-electron chi connectivity index (χ4n) is 2.12. The van der Waals surface area contributed by atoms with Gasteiger partial charge >= 0.3 is 0 Å². The van der Waals surface area contributed by atoms with Crippen LogP contribution in [0.1, 0.15) is 24.4 Å². The topological polar surface area (TPSA) is 84.4 Å². The van der Waals surface area contributed by atoms with E-state index in [1.165, 1.54) is 6.07 Å². The lowest BCUT2D eigenvalue weighted by Gasteiger charge is -2.19. The van der Waals surface area contributed by atoms with E-state index in [9.17, 15) is 15.2 Å². The maximum atomic E-state index is 11.2. The monoisotopic (exact) mass is 290 g/mol. The van der Waals surface area contributed by atoms with E-state index in [-0.39, 0.29) is 5.69 Å². The van der Waals surface area contributed by atoms with Gasteiger partial charge in [0.25, 0.3) is 5.69 Å². The Kier molecular flexibility index (Phi) is 4.23. The summed E-state index contributed by atoms with van der Waals surface area (Å²) >= 11 is 0. The van der Waals surface area contributed by atoms with Crippen molar-refractivity contribution in [3.8, 4) is 0 Å². The number of imidazole rings is 1. The smallest absolute Gasteiger partial charge is 0.292 e. The summed E-state index contributed by atoms with van der Waals surface area (Å²) in [7, 11) is 3.65. The molecule has 0 saturated heterocycles. The normalized spacial score (nSPS) is 12.2. The number of nitro benzene ring substituents is 1. The van der Waals surface area contributed by atoms with Crippen molar-refractivity contribution in [2.45, 2.75) is 19.6 Å². The maximum absolute atomic E-state index is 11.2. The summed E-state index contributed by atoms with van der Waals surface area (Å²) in [5, 5.41) is 20.8. The standard InChI is InChI=1S/C14H18N4O3/c1-10(19)11-4-5-12(13(8-11)18(20)21)17(3)9-14-15-6-7-16(14)2/h4-8,10,19H,9H2,1-3H3. The molecule has 21 heavy (non-hydrogen) atoms. The molecule has 7 heteroatoms. The molecular formula is C14H18N4O3. The largest absolute Gasteiger partial charge is 0.389 e. The maximum Gasteiger partial charge on any atom is 0.292 e. The second-order valence-electron chi connectivity index (χ2n) is 4.99. The van der Waals surface area contributed by atoms with E-state index < -0.39 is 11.0 Å². The van der Waals surface area contributed by atoms with Gasteiger partial charge in [0, 0.05) is 32.6 Å². The molecule has 2 rings (SSSR count). The predicted molar refractivity (Wildman–Crippen MR) is 79.0 cm³/mol. The van der Waals surface area contributed by atoms with Crippen LogP contribution in [0.25, 0.3) is 0 Å². The van der Waals surface area contributed by atoms with E-state index in [1.54, 1.807) is 37.2 Å². The van der Waals surface area contributed by atoms with Crippen LogP contribution in [0.3, 0.4) is 0 Å². The van der Waals surface area contributed by atoms with E-state index in [0.717, 1.165) is 5.82 Å². The molecule has 1 unspecified atom stereocenters. The second-order valence-corrected chi connectivity index (χ2v) is 4.99. The van der Waals surface area contributed by atoms with Crippen molar-refractivity contribution in [1.82, 2.24) is 9.55 Å². The summed E-state index contributed by atoms with van der Waals surface area (Å²) in [6.07, 6.45) is 2.78.